The van der Waals surface area contributed by atoms with E-state index in [0.29, 0.717) is 6.92 Å². The molecule has 0 aliphatic carbocycles. The predicted octanol–water partition coefficient (Wildman–Crippen LogP) is 0.824. The van der Waals surface area contributed by atoms with E-state index in [1.54, 1.807) is 0 Å². The van der Waals surface area contributed by atoms with Crippen LogP contribution >= 0.6 is 11.8 Å². The van der Waals surface area contributed by atoms with Crippen LogP contribution in [-0.2, 0) is 4.74 Å². The van der Waals surface area contributed by atoms with Crippen LogP contribution in [0.5, 0.6) is 0 Å². The topological polar surface area (TPSA) is 62.1 Å². The van der Waals surface area contributed by atoms with Crippen LogP contribution in [0.25, 0.3) is 0 Å². The first kappa shape index (κ1) is 15.7. The van der Waals surface area contributed by atoms with Gasteiger partial charge in [-0.05, 0) is 0 Å². The minimum atomic E-state index is -3.19. The van der Waals surface area contributed by atoms with Crippen LogP contribution in [0, 0.1) is 0 Å². The molecule has 0 bridgehead atoms. The SMILES string of the molecule is CCC[AsH]C1=N[C@@H]2[C@@H](O)[C@H](O)[C@@H](C(C)(F)F)O[C@@H]2S1. The normalized spacial score (nSPS) is 39.7. The molecule has 2 heterocycles. The van der Waals surface area contributed by atoms with Gasteiger partial charge in [0.25, 0.3) is 0 Å². The third kappa shape index (κ3) is 3.32. The molecule has 0 aromatic heterocycles. The van der Waals surface area contributed by atoms with Crippen LogP contribution in [0.15, 0.2) is 4.99 Å². The molecule has 0 saturated carbocycles. The van der Waals surface area contributed by atoms with Gasteiger partial charge in [0, 0.05) is 0 Å². The molecule has 2 aliphatic rings. The van der Waals surface area contributed by atoms with Gasteiger partial charge in [-0.2, -0.15) is 0 Å². The van der Waals surface area contributed by atoms with E-state index < -0.39 is 35.7 Å². The molecule has 110 valence electrons. The van der Waals surface area contributed by atoms with Crippen LogP contribution in [0.1, 0.15) is 20.3 Å². The quantitative estimate of drug-likeness (QED) is 0.732. The van der Waals surface area contributed by atoms with Crippen LogP contribution in [0.3, 0.4) is 0 Å². The molecule has 6 atom stereocenters. The summed E-state index contributed by atoms with van der Waals surface area (Å²) in [4.78, 5) is 4.35. The summed E-state index contributed by atoms with van der Waals surface area (Å²) >= 11 is 0.961. The second-order valence-electron chi connectivity index (χ2n) is 4.83. The molecule has 8 heteroatoms. The van der Waals surface area contributed by atoms with Crippen molar-refractivity contribution in [3.63, 3.8) is 0 Å². The average molecular weight is 357 g/mol. The van der Waals surface area contributed by atoms with E-state index >= 15 is 0 Å². The standard InChI is InChI=1S/C11H18AsF2NO3S/c1-3-4-12-10-15-5-6(16)7(17)8(11(2,13)14)18-9(5)19-10/h5-9,12,16-17H,3-4H2,1-2H3/t5-,6-,7+,8+,9-/m1/s1. The molecule has 1 saturated heterocycles. The van der Waals surface area contributed by atoms with Crippen LogP contribution in [-0.4, -0.2) is 65.5 Å². The van der Waals surface area contributed by atoms with Crippen molar-refractivity contribution in [2.24, 2.45) is 4.99 Å². The van der Waals surface area contributed by atoms with E-state index in [-0.39, 0.29) is 15.8 Å². The maximum atomic E-state index is 13.4. The number of hydrogen-bond donors (Lipinski definition) is 2. The van der Waals surface area contributed by atoms with Crippen molar-refractivity contribution in [2.75, 3.05) is 0 Å². The second kappa shape index (κ2) is 5.98. The number of halogens is 2. The van der Waals surface area contributed by atoms with E-state index in [1.807, 2.05) is 0 Å². The summed E-state index contributed by atoms with van der Waals surface area (Å²) in [5.74, 6) is -3.19. The number of thioether (sulfide) groups is 1. The third-order valence-electron chi connectivity index (χ3n) is 3.09. The van der Waals surface area contributed by atoms with Gasteiger partial charge in [-0.25, -0.2) is 0 Å². The zero-order valence-corrected chi connectivity index (χ0v) is 13.6. The molecule has 4 nitrogen and oxygen atoms in total. The summed E-state index contributed by atoms with van der Waals surface area (Å²) in [6, 6.07) is -0.616. The van der Waals surface area contributed by atoms with Gasteiger partial charge in [0.2, 0.25) is 0 Å². The molecule has 0 radical (unpaired) electrons. The molecule has 1 unspecified atom stereocenters. The van der Waals surface area contributed by atoms with Gasteiger partial charge < -0.3 is 0 Å². The van der Waals surface area contributed by atoms with Crippen molar-refractivity contribution < 1.29 is 23.7 Å². The Hall–Kier alpha value is 0.318. The summed E-state index contributed by atoms with van der Waals surface area (Å²) in [7, 11) is 0. The molecule has 1 fully saturated rings. The third-order valence-corrected chi connectivity index (χ3v) is 8.01. The molecule has 2 aliphatic heterocycles. The Kier molecular flexibility index (Phi) is 4.94. The van der Waals surface area contributed by atoms with E-state index in [1.165, 1.54) is 11.8 Å². The van der Waals surface area contributed by atoms with Gasteiger partial charge in [-0.15, -0.1) is 0 Å². The van der Waals surface area contributed by atoms with E-state index in [4.69, 9.17) is 4.74 Å². The monoisotopic (exact) mass is 357 g/mol. The number of aliphatic hydroxyl groups excluding tert-OH is 2. The van der Waals surface area contributed by atoms with Gasteiger partial charge in [-0.1, -0.05) is 0 Å². The molecule has 0 amide bonds. The Balaban J connectivity index is 2.08. The fourth-order valence-corrected chi connectivity index (χ4v) is 6.38. The van der Waals surface area contributed by atoms with E-state index in [2.05, 4.69) is 11.9 Å². The molecule has 2 N–H and O–H groups in total. The second-order valence-corrected chi connectivity index (χ2v) is 9.46. The van der Waals surface area contributed by atoms with Crippen molar-refractivity contribution in [2.45, 2.75) is 61.2 Å². The molecular weight excluding hydrogens is 339 g/mol. The Morgan fingerprint density at radius 1 is 1.42 bits per heavy atom. The van der Waals surface area contributed by atoms with Gasteiger partial charge >= 0.3 is 121 Å². The van der Waals surface area contributed by atoms with Crippen molar-refractivity contribution in [3.8, 4) is 0 Å². The number of ether oxygens (including phenoxy) is 1. The number of aliphatic hydroxyl groups is 2. The van der Waals surface area contributed by atoms with Gasteiger partial charge in [0.05, 0.1) is 0 Å². The maximum absolute atomic E-state index is 13.4. The van der Waals surface area contributed by atoms with Crippen molar-refractivity contribution in [3.05, 3.63) is 0 Å². The van der Waals surface area contributed by atoms with Crippen LogP contribution in [0.4, 0.5) is 8.78 Å². The van der Waals surface area contributed by atoms with Gasteiger partial charge in [0.1, 0.15) is 0 Å². The summed E-state index contributed by atoms with van der Waals surface area (Å²) in [6.07, 6.45) is -3.49. The van der Waals surface area contributed by atoms with Crippen molar-refractivity contribution >= 4 is 31.3 Å². The molecule has 19 heavy (non-hydrogen) atoms. The first-order valence-corrected chi connectivity index (χ1v) is 9.63. The number of hydrogen-bond acceptors (Lipinski definition) is 5. The average Bonchev–Trinajstić information content (AvgIpc) is 2.73. The first-order chi connectivity index (χ1) is 8.84. The van der Waals surface area contributed by atoms with Gasteiger partial charge in [0.15, 0.2) is 0 Å². The summed E-state index contributed by atoms with van der Waals surface area (Å²) in [6.45, 7) is 2.78. The number of rotatable bonds is 4. The van der Waals surface area contributed by atoms with Crippen LogP contribution in [0.2, 0.25) is 5.21 Å². The Morgan fingerprint density at radius 2 is 2.11 bits per heavy atom. The number of alkyl halides is 2. The number of fused-ring (bicyclic) bond motifs is 1. The molecular formula is C11H18AsF2NO3S. The number of nitrogens with zero attached hydrogens (tertiary/aromatic N) is 1. The van der Waals surface area contributed by atoms with E-state index in [9.17, 15) is 19.0 Å². The minimum absolute atomic E-state index is 0.378. The predicted molar refractivity (Wildman–Crippen MR) is 72.4 cm³/mol. The fourth-order valence-electron chi connectivity index (χ4n) is 2.10. The molecule has 0 aromatic rings. The Labute approximate surface area is 121 Å². The summed E-state index contributed by atoms with van der Waals surface area (Å²) < 4.78 is 32.9. The first-order valence-electron chi connectivity index (χ1n) is 6.22. The van der Waals surface area contributed by atoms with E-state index in [0.717, 1.165) is 15.5 Å². The fraction of sp³-hybridized carbons (Fsp3) is 0.909. The molecule has 0 spiro atoms. The number of aliphatic imine (C=N–C) groups is 1. The summed E-state index contributed by atoms with van der Waals surface area (Å²) in [5, 5.41) is 20.8. The van der Waals surface area contributed by atoms with Crippen molar-refractivity contribution in [1.82, 2.24) is 0 Å². The Morgan fingerprint density at radius 3 is 2.68 bits per heavy atom. The molecule has 0 aromatic carbocycles. The van der Waals surface area contributed by atoms with Crippen LogP contribution < -0.4 is 0 Å². The summed E-state index contributed by atoms with van der Waals surface area (Å²) in [5.41, 5.74) is -0.593. The zero-order chi connectivity index (χ0) is 14.2. The molecule has 2 rings (SSSR count). The van der Waals surface area contributed by atoms with Crippen molar-refractivity contribution in [1.29, 1.82) is 0 Å². The van der Waals surface area contributed by atoms with Gasteiger partial charge in [-0.3, -0.25) is 0 Å². The Bertz CT molecular complexity index is 366. The zero-order valence-electron chi connectivity index (χ0n) is 10.7.